The zero-order valence-electron chi connectivity index (χ0n) is 9.94. The first kappa shape index (κ1) is 12.7. The zero-order valence-corrected chi connectivity index (χ0v) is 9.94. The molecule has 3 nitrogen and oxygen atoms in total. The van der Waals surface area contributed by atoms with Gasteiger partial charge < -0.3 is 4.74 Å². The van der Waals surface area contributed by atoms with E-state index in [2.05, 4.69) is 11.0 Å². The first-order valence-corrected chi connectivity index (χ1v) is 5.52. The molecule has 0 aliphatic rings. The maximum atomic E-state index is 8.95. The number of rotatable bonds is 6. The van der Waals surface area contributed by atoms with Crippen LogP contribution in [0.5, 0.6) is 0 Å². The van der Waals surface area contributed by atoms with Crippen molar-refractivity contribution in [2.45, 2.75) is 13.5 Å². The van der Waals surface area contributed by atoms with Crippen LogP contribution in [-0.4, -0.2) is 31.7 Å². The van der Waals surface area contributed by atoms with Crippen LogP contribution in [0.25, 0.3) is 0 Å². The molecule has 1 aromatic carbocycles. The highest BCUT2D eigenvalue weighted by atomic mass is 16.5. The molecule has 0 aromatic heterocycles. The van der Waals surface area contributed by atoms with Crippen LogP contribution in [0.2, 0.25) is 0 Å². The van der Waals surface area contributed by atoms with E-state index in [1.807, 2.05) is 38.2 Å². The predicted molar refractivity (Wildman–Crippen MR) is 64.0 cm³/mol. The normalized spacial score (nSPS) is 10.4. The lowest BCUT2D eigenvalue weighted by Crippen LogP contribution is -2.23. The third kappa shape index (κ3) is 4.01. The Balaban J connectivity index is 2.49. The van der Waals surface area contributed by atoms with Gasteiger partial charge in [0.1, 0.15) is 0 Å². The number of nitriles is 1. The highest BCUT2D eigenvalue weighted by Crippen LogP contribution is 2.09. The summed E-state index contributed by atoms with van der Waals surface area (Å²) in [4.78, 5) is 2.16. The average Bonchev–Trinajstić information content (AvgIpc) is 2.30. The third-order valence-corrected chi connectivity index (χ3v) is 2.40. The second-order valence-corrected chi connectivity index (χ2v) is 3.70. The summed E-state index contributed by atoms with van der Waals surface area (Å²) in [6.07, 6.45) is 0. The van der Waals surface area contributed by atoms with E-state index in [1.54, 1.807) is 0 Å². The van der Waals surface area contributed by atoms with Crippen LogP contribution in [0.1, 0.15) is 18.1 Å². The molecule has 0 amide bonds. The minimum atomic E-state index is 0.738. The molecule has 0 aliphatic carbocycles. The summed E-state index contributed by atoms with van der Waals surface area (Å²) in [5.74, 6) is 0. The van der Waals surface area contributed by atoms with Gasteiger partial charge >= 0.3 is 0 Å². The van der Waals surface area contributed by atoms with Gasteiger partial charge in [-0.1, -0.05) is 18.2 Å². The lowest BCUT2D eigenvalue weighted by Gasteiger charge is -2.17. The molecule has 0 radical (unpaired) electrons. The fourth-order valence-electron chi connectivity index (χ4n) is 1.50. The Morgan fingerprint density at radius 1 is 1.38 bits per heavy atom. The standard InChI is InChI=1S/C13H18N2O/c1-3-16-9-8-15(2)11-13-7-5-4-6-12(13)10-14/h4-7H,3,8-9,11H2,1-2H3. The van der Waals surface area contributed by atoms with Gasteiger partial charge in [0.05, 0.1) is 18.2 Å². The molecular formula is C13H18N2O. The molecule has 0 unspecified atom stereocenters. The van der Waals surface area contributed by atoms with Gasteiger partial charge in [-0.05, 0) is 25.6 Å². The molecule has 0 saturated carbocycles. The molecule has 0 bridgehead atoms. The van der Waals surface area contributed by atoms with Gasteiger partial charge in [-0.3, -0.25) is 4.90 Å². The highest BCUT2D eigenvalue weighted by molar-refractivity contribution is 5.37. The van der Waals surface area contributed by atoms with Crippen molar-refractivity contribution >= 4 is 0 Å². The van der Waals surface area contributed by atoms with Crippen molar-refractivity contribution in [1.82, 2.24) is 4.90 Å². The van der Waals surface area contributed by atoms with Crippen molar-refractivity contribution in [3.8, 4) is 6.07 Å². The molecule has 0 heterocycles. The Morgan fingerprint density at radius 3 is 2.81 bits per heavy atom. The van der Waals surface area contributed by atoms with Crippen LogP contribution in [0.15, 0.2) is 24.3 Å². The van der Waals surface area contributed by atoms with Gasteiger partial charge in [0.25, 0.3) is 0 Å². The summed E-state index contributed by atoms with van der Waals surface area (Å²) in [6, 6.07) is 9.91. The molecule has 1 aromatic rings. The number of hydrogen-bond donors (Lipinski definition) is 0. The van der Waals surface area contributed by atoms with E-state index in [1.165, 1.54) is 0 Å². The number of benzene rings is 1. The number of likely N-dealkylation sites (N-methyl/N-ethyl adjacent to an activating group) is 1. The lowest BCUT2D eigenvalue weighted by atomic mass is 10.1. The second-order valence-electron chi connectivity index (χ2n) is 3.70. The van der Waals surface area contributed by atoms with Gasteiger partial charge in [0, 0.05) is 19.7 Å². The molecule has 0 atom stereocenters. The topological polar surface area (TPSA) is 36.3 Å². The summed E-state index contributed by atoms with van der Waals surface area (Å²) < 4.78 is 5.29. The Hall–Kier alpha value is -1.37. The van der Waals surface area contributed by atoms with Crippen LogP contribution in [0.3, 0.4) is 0 Å². The molecule has 0 N–H and O–H groups in total. The summed E-state index contributed by atoms with van der Waals surface area (Å²) in [5, 5.41) is 8.95. The van der Waals surface area contributed by atoms with E-state index in [4.69, 9.17) is 10.00 Å². The largest absolute Gasteiger partial charge is 0.380 e. The Morgan fingerprint density at radius 2 is 2.12 bits per heavy atom. The first-order chi connectivity index (χ1) is 7.77. The monoisotopic (exact) mass is 218 g/mol. The van der Waals surface area contributed by atoms with E-state index < -0.39 is 0 Å². The fourth-order valence-corrected chi connectivity index (χ4v) is 1.50. The number of ether oxygens (including phenoxy) is 1. The molecule has 0 saturated heterocycles. The maximum Gasteiger partial charge on any atom is 0.0995 e. The Bertz CT molecular complexity index is 357. The van der Waals surface area contributed by atoms with Crippen molar-refractivity contribution in [3.05, 3.63) is 35.4 Å². The molecular weight excluding hydrogens is 200 g/mol. The molecule has 86 valence electrons. The Kier molecular flexibility index (Phi) is 5.55. The first-order valence-electron chi connectivity index (χ1n) is 5.52. The van der Waals surface area contributed by atoms with Crippen LogP contribution < -0.4 is 0 Å². The summed E-state index contributed by atoms with van der Waals surface area (Å²) in [6.45, 7) is 5.15. The molecule has 0 fully saturated rings. The van der Waals surface area contributed by atoms with Gasteiger partial charge in [0.15, 0.2) is 0 Å². The summed E-state index contributed by atoms with van der Waals surface area (Å²) >= 11 is 0. The quantitative estimate of drug-likeness (QED) is 0.685. The minimum absolute atomic E-state index is 0.738. The van der Waals surface area contributed by atoms with Crippen LogP contribution in [0, 0.1) is 11.3 Å². The molecule has 0 spiro atoms. The number of nitrogens with zero attached hydrogens (tertiary/aromatic N) is 2. The summed E-state index contributed by atoms with van der Waals surface area (Å²) in [7, 11) is 2.03. The molecule has 3 heteroatoms. The zero-order chi connectivity index (χ0) is 11.8. The van der Waals surface area contributed by atoms with Crippen molar-refractivity contribution < 1.29 is 4.74 Å². The van der Waals surface area contributed by atoms with E-state index >= 15 is 0 Å². The van der Waals surface area contributed by atoms with Crippen molar-refractivity contribution in [2.24, 2.45) is 0 Å². The second kappa shape index (κ2) is 7.00. The predicted octanol–water partition coefficient (Wildman–Crippen LogP) is 2.03. The molecule has 0 aliphatic heterocycles. The van der Waals surface area contributed by atoms with E-state index in [-0.39, 0.29) is 0 Å². The minimum Gasteiger partial charge on any atom is -0.380 e. The molecule has 16 heavy (non-hydrogen) atoms. The average molecular weight is 218 g/mol. The highest BCUT2D eigenvalue weighted by Gasteiger charge is 2.04. The third-order valence-electron chi connectivity index (χ3n) is 2.40. The lowest BCUT2D eigenvalue weighted by molar-refractivity contribution is 0.120. The van der Waals surface area contributed by atoms with Gasteiger partial charge in [-0.2, -0.15) is 5.26 Å². The molecule has 1 rings (SSSR count). The Labute approximate surface area is 97.3 Å². The van der Waals surface area contributed by atoms with Gasteiger partial charge in [0.2, 0.25) is 0 Å². The van der Waals surface area contributed by atoms with Crippen molar-refractivity contribution in [1.29, 1.82) is 5.26 Å². The van der Waals surface area contributed by atoms with Crippen molar-refractivity contribution in [3.63, 3.8) is 0 Å². The fraction of sp³-hybridized carbons (Fsp3) is 0.462. The summed E-state index contributed by atoms with van der Waals surface area (Å²) in [5.41, 5.74) is 1.83. The van der Waals surface area contributed by atoms with E-state index in [0.717, 1.165) is 37.4 Å². The maximum absolute atomic E-state index is 8.95. The smallest absolute Gasteiger partial charge is 0.0995 e. The van der Waals surface area contributed by atoms with Gasteiger partial charge in [-0.25, -0.2) is 0 Å². The SMILES string of the molecule is CCOCCN(C)Cc1ccccc1C#N. The van der Waals surface area contributed by atoms with Gasteiger partial charge in [-0.15, -0.1) is 0 Å². The number of hydrogen-bond acceptors (Lipinski definition) is 3. The van der Waals surface area contributed by atoms with Crippen LogP contribution >= 0.6 is 0 Å². The van der Waals surface area contributed by atoms with Crippen LogP contribution in [-0.2, 0) is 11.3 Å². The van der Waals surface area contributed by atoms with Crippen molar-refractivity contribution in [2.75, 3.05) is 26.8 Å². The van der Waals surface area contributed by atoms with Crippen LogP contribution in [0.4, 0.5) is 0 Å². The van der Waals surface area contributed by atoms with E-state index in [0.29, 0.717) is 0 Å². The van der Waals surface area contributed by atoms with E-state index in [9.17, 15) is 0 Å².